The molecule has 0 aliphatic heterocycles. The van der Waals surface area contributed by atoms with Crippen LogP contribution in [0.3, 0.4) is 0 Å². The number of hydrogen-bond acceptors (Lipinski definition) is 4. The van der Waals surface area contributed by atoms with Gasteiger partial charge in [-0.25, -0.2) is 4.79 Å². The van der Waals surface area contributed by atoms with E-state index in [4.69, 9.17) is 4.74 Å². The predicted octanol–water partition coefficient (Wildman–Crippen LogP) is 3.69. The molecule has 0 fully saturated rings. The van der Waals surface area contributed by atoms with Gasteiger partial charge in [0.05, 0.1) is 12.0 Å². The molecule has 108 valence electrons. The van der Waals surface area contributed by atoms with Crippen LogP contribution in [0, 0.1) is 0 Å². The molecular weight excluding hydrogens is 270 g/mol. The van der Waals surface area contributed by atoms with Crippen molar-refractivity contribution in [3.63, 3.8) is 0 Å². The van der Waals surface area contributed by atoms with Gasteiger partial charge < -0.3 is 9.64 Å². The molecule has 0 aliphatic rings. The minimum absolute atomic E-state index is 0.317. The molecule has 0 unspecified atom stereocenters. The number of methoxy groups -OCH3 is 1. The second kappa shape index (κ2) is 9.26. The lowest BCUT2D eigenvalue weighted by Crippen LogP contribution is -2.14. The van der Waals surface area contributed by atoms with Gasteiger partial charge in [0.25, 0.3) is 0 Å². The molecule has 1 aromatic rings. The summed E-state index contributed by atoms with van der Waals surface area (Å²) < 4.78 is 4.82. The normalized spacial score (nSPS) is 11.7. The summed E-state index contributed by atoms with van der Waals surface area (Å²) in [6.45, 7) is 6.08. The van der Waals surface area contributed by atoms with Gasteiger partial charge in [-0.15, -0.1) is 0 Å². The summed E-state index contributed by atoms with van der Waals surface area (Å²) in [6.07, 6.45) is 5.66. The van der Waals surface area contributed by atoms with Crippen LogP contribution in [0.2, 0.25) is 0 Å². The number of nitrogens with zero attached hydrogens (tertiary/aromatic N) is 1. The van der Waals surface area contributed by atoms with Crippen molar-refractivity contribution in [2.24, 2.45) is 0 Å². The van der Waals surface area contributed by atoms with E-state index in [9.17, 15) is 4.79 Å². The maximum Gasteiger partial charge on any atom is 0.344 e. The number of benzene rings is 1. The minimum atomic E-state index is -0.317. The molecule has 20 heavy (non-hydrogen) atoms. The molecule has 1 rings (SSSR count). The van der Waals surface area contributed by atoms with Crippen molar-refractivity contribution >= 4 is 17.7 Å². The molecule has 0 amide bonds. The number of allylic oxidation sites excluding steroid dienone is 2. The van der Waals surface area contributed by atoms with Gasteiger partial charge in [-0.1, -0.05) is 30.0 Å². The Morgan fingerprint density at radius 3 is 2.45 bits per heavy atom. The van der Waals surface area contributed by atoms with E-state index in [0.717, 1.165) is 18.0 Å². The lowest BCUT2D eigenvalue weighted by Gasteiger charge is -2.14. The van der Waals surface area contributed by atoms with E-state index in [0.29, 0.717) is 4.91 Å². The summed E-state index contributed by atoms with van der Waals surface area (Å²) >= 11 is 1.41. The number of esters is 1. The maximum atomic E-state index is 11.8. The summed E-state index contributed by atoms with van der Waals surface area (Å²) in [4.78, 5) is 15.5. The van der Waals surface area contributed by atoms with Gasteiger partial charge in [-0.05, 0) is 44.3 Å². The van der Waals surface area contributed by atoms with Crippen molar-refractivity contribution < 1.29 is 9.53 Å². The highest BCUT2D eigenvalue weighted by Crippen LogP contribution is 2.27. The SMILES string of the molecule is CCN(/C=C/C=C(\Sc1ccccc1)C(=O)OC)CC. The van der Waals surface area contributed by atoms with Crippen LogP contribution in [0.5, 0.6) is 0 Å². The molecule has 0 bridgehead atoms. The maximum absolute atomic E-state index is 11.8. The molecule has 0 saturated carbocycles. The molecule has 0 aliphatic carbocycles. The van der Waals surface area contributed by atoms with Crippen LogP contribution in [0.15, 0.2) is 58.5 Å². The van der Waals surface area contributed by atoms with Crippen molar-refractivity contribution in [3.05, 3.63) is 53.6 Å². The first kappa shape index (κ1) is 16.4. The molecule has 0 spiro atoms. The molecule has 0 N–H and O–H groups in total. The van der Waals surface area contributed by atoms with Crippen LogP contribution in [0.25, 0.3) is 0 Å². The fourth-order valence-electron chi connectivity index (χ4n) is 1.55. The highest BCUT2D eigenvalue weighted by Gasteiger charge is 2.10. The van der Waals surface area contributed by atoms with Gasteiger partial charge >= 0.3 is 5.97 Å². The highest BCUT2D eigenvalue weighted by atomic mass is 32.2. The average Bonchev–Trinajstić information content (AvgIpc) is 2.50. The third-order valence-corrected chi connectivity index (χ3v) is 3.74. The monoisotopic (exact) mass is 291 g/mol. The zero-order valence-corrected chi connectivity index (χ0v) is 13.0. The van der Waals surface area contributed by atoms with Crippen LogP contribution in [-0.4, -0.2) is 31.1 Å². The van der Waals surface area contributed by atoms with E-state index in [1.807, 2.05) is 42.6 Å². The Hall–Kier alpha value is -1.68. The molecule has 0 radical (unpaired) electrons. The molecule has 0 saturated heterocycles. The summed E-state index contributed by atoms with van der Waals surface area (Å²) in [6, 6.07) is 9.78. The zero-order valence-electron chi connectivity index (χ0n) is 12.2. The largest absolute Gasteiger partial charge is 0.465 e. The Balaban J connectivity index is 2.81. The lowest BCUT2D eigenvalue weighted by molar-refractivity contribution is -0.135. The third-order valence-electron chi connectivity index (χ3n) is 2.71. The molecule has 1 aromatic carbocycles. The number of rotatable bonds is 7. The van der Waals surface area contributed by atoms with Gasteiger partial charge in [-0.2, -0.15) is 0 Å². The van der Waals surface area contributed by atoms with Crippen LogP contribution < -0.4 is 0 Å². The molecule has 4 heteroatoms. The van der Waals surface area contributed by atoms with Gasteiger partial charge in [0.1, 0.15) is 0 Å². The first-order valence-electron chi connectivity index (χ1n) is 6.65. The minimum Gasteiger partial charge on any atom is -0.465 e. The smallest absolute Gasteiger partial charge is 0.344 e. The van der Waals surface area contributed by atoms with Crippen molar-refractivity contribution in [3.8, 4) is 0 Å². The molecule has 0 heterocycles. The molecular formula is C16H21NO2S. The first-order chi connectivity index (χ1) is 9.71. The van der Waals surface area contributed by atoms with Crippen LogP contribution >= 0.6 is 11.8 Å². The van der Waals surface area contributed by atoms with Crippen molar-refractivity contribution in [2.45, 2.75) is 18.7 Å². The van der Waals surface area contributed by atoms with E-state index >= 15 is 0 Å². The second-order valence-corrected chi connectivity index (χ2v) is 5.12. The number of carbonyl (C=O) groups is 1. The number of hydrogen-bond donors (Lipinski definition) is 0. The summed E-state index contributed by atoms with van der Waals surface area (Å²) in [5.41, 5.74) is 0. The van der Waals surface area contributed by atoms with Gasteiger partial charge in [0, 0.05) is 18.0 Å². The molecule has 0 aromatic heterocycles. The van der Waals surface area contributed by atoms with Gasteiger partial charge in [0.2, 0.25) is 0 Å². The number of carbonyl (C=O) groups excluding carboxylic acids is 1. The Kier molecular flexibility index (Phi) is 7.58. The number of thioether (sulfide) groups is 1. The number of ether oxygens (including phenoxy) is 1. The van der Waals surface area contributed by atoms with E-state index in [-0.39, 0.29) is 5.97 Å². The van der Waals surface area contributed by atoms with Crippen LogP contribution in [0.4, 0.5) is 0 Å². The fraction of sp³-hybridized carbons (Fsp3) is 0.312. The predicted molar refractivity (Wildman–Crippen MR) is 84.5 cm³/mol. The lowest BCUT2D eigenvalue weighted by atomic mass is 10.4. The molecule has 3 nitrogen and oxygen atoms in total. The van der Waals surface area contributed by atoms with Gasteiger partial charge in [0.15, 0.2) is 0 Å². The Bertz CT molecular complexity index is 465. The topological polar surface area (TPSA) is 29.5 Å². The second-order valence-electron chi connectivity index (χ2n) is 4.00. The average molecular weight is 291 g/mol. The summed E-state index contributed by atoms with van der Waals surface area (Å²) in [5.74, 6) is -0.317. The third kappa shape index (κ3) is 5.53. The summed E-state index contributed by atoms with van der Waals surface area (Å²) in [7, 11) is 1.40. The van der Waals surface area contributed by atoms with Crippen molar-refractivity contribution in [1.82, 2.24) is 4.90 Å². The summed E-state index contributed by atoms with van der Waals surface area (Å²) in [5, 5.41) is 0. The van der Waals surface area contributed by atoms with E-state index in [2.05, 4.69) is 18.7 Å². The van der Waals surface area contributed by atoms with Crippen molar-refractivity contribution in [1.29, 1.82) is 0 Å². The van der Waals surface area contributed by atoms with Crippen LogP contribution in [0.1, 0.15) is 13.8 Å². The quantitative estimate of drug-likeness (QED) is 0.332. The van der Waals surface area contributed by atoms with Crippen molar-refractivity contribution in [2.75, 3.05) is 20.2 Å². The van der Waals surface area contributed by atoms with E-state index < -0.39 is 0 Å². The zero-order chi connectivity index (χ0) is 14.8. The van der Waals surface area contributed by atoms with Crippen LogP contribution in [-0.2, 0) is 9.53 Å². The Morgan fingerprint density at radius 2 is 1.90 bits per heavy atom. The Morgan fingerprint density at radius 1 is 1.25 bits per heavy atom. The first-order valence-corrected chi connectivity index (χ1v) is 7.46. The highest BCUT2D eigenvalue weighted by molar-refractivity contribution is 8.04. The molecule has 0 atom stereocenters. The fourth-order valence-corrected chi connectivity index (χ4v) is 2.41. The van der Waals surface area contributed by atoms with Gasteiger partial charge in [-0.3, -0.25) is 0 Å². The standard InChI is InChI=1S/C16H21NO2S/c1-4-17(5-2)13-9-12-15(16(18)19-3)20-14-10-7-6-8-11-14/h6-13H,4-5H2,1-3H3/b13-9+,15-12-. The van der Waals surface area contributed by atoms with E-state index in [1.165, 1.54) is 18.9 Å². The Labute approximate surface area is 125 Å². The van der Waals surface area contributed by atoms with E-state index in [1.54, 1.807) is 6.08 Å².